The predicted molar refractivity (Wildman–Crippen MR) is 77.2 cm³/mol. The third kappa shape index (κ3) is 2.96. The van der Waals surface area contributed by atoms with Gasteiger partial charge in [-0.3, -0.25) is 0 Å². The Morgan fingerprint density at radius 1 is 1.35 bits per heavy atom. The summed E-state index contributed by atoms with van der Waals surface area (Å²) in [7, 11) is -3.91. The van der Waals surface area contributed by atoms with Crippen LogP contribution in [-0.2, 0) is 10.0 Å². The summed E-state index contributed by atoms with van der Waals surface area (Å²) in [6.45, 7) is 2.41. The Labute approximate surface area is 119 Å². The summed E-state index contributed by atoms with van der Waals surface area (Å²) in [5.74, 6) is -0.811. The molecule has 1 aromatic carbocycles. The molecule has 1 fully saturated rings. The van der Waals surface area contributed by atoms with Crippen LogP contribution in [0.1, 0.15) is 39.0 Å². The molecule has 6 heteroatoms. The van der Waals surface area contributed by atoms with Crippen molar-refractivity contribution in [3.63, 3.8) is 0 Å². The second-order valence-corrected chi connectivity index (χ2v) is 7.25. The molecule has 0 aliphatic heterocycles. The molecular formula is C14H21FN2O2S. The second kappa shape index (κ2) is 5.69. The van der Waals surface area contributed by atoms with E-state index in [9.17, 15) is 12.8 Å². The normalized spacial score (nSPS) is 18.3. The lowest BCUT2D eigenvalue weighted by atomic mass is 9.84. The number of nitrogens with two attached hydrogens (primary N) is 1. The van der Waals surface area contributed by atoms with Gasteiger partial charge in [-0.15, -0.1) is 0 Å². The maximum absolute atomic E-state index is 13.7. The fourth-order valence-electron chi connectivity index (χ4n) is 2.91. The first-order valence-corrected chi connectivity index (χ1v) is 8.42. The summed E-state index contributed by atoms with van der Waals surface area (Å²) >= 11 is 0. The molecule has 0 saturated heterocycles. The third-order valence-electron chi connectivity index (χ3n) is 4.32. The van der Waals surface area contributed by atoms with Gasteiger partial charge in [-0.1, -0.05) is 25.8 Å². The van der Waals surface area contributed by atoms with Crippen LogP contribution in [0.2, 0.25) is 0 Å². The fourth-order valence-corrected chi connectivity index (χ4v) is 4.25. The zero-order valence-corrected chi connectivity index (χ0v) is 12.5. The molecule has 3 N–H and O–H groups in total. The Bertz CT molecular complexity index is 561. The Hall–Kier alpha value is -1.14. The molecule has 0 atom stereocenters. The summed E-state index contributed by atoms with van der Waals surface area (Å²) in [4.78, 5) is -0.441. The molecule has 0 aromatic heterocycles. The maximum atomic E-state index is 13.7. The van der Waals surface area contributed by atoms with Crippen LogP contribution in [0.25, 0.3) is 0 Å². The number of rotatable bonds is 5. The smallest absolute Gasteiger partial charge is 0.245 e. The Morgan fingerprint density at radius 3 is 2.55 bits per heavy atom. The number of sulfonamides is 1. The first-order chi connectivity index (χ1) is 9.40. The van der Waals surface area contributed by atoms with Crippen LogP contribution >= 0.6 is 0 Å². The molecule has 0 spiro atoms. The number of nitrogens with one attached hydrogen (secondary N) is 1. The molecule has 0 bridgehead atoms. The summed E-state index contributed by atoms with van der Waals surface area (Å²) in [6, 6.07) is 3.90. The van der Waals surface area contributed by atoms with Gasteiger partial charge < -0.3 is 5.73 Å². The third-order valence-corrected chi connectivity index (χ3v) is 5.81. The molecule has 1 aliphatic carbocycles. The van der Waals surface area contributed by atoms with Crippen LogP contribution in [0, 0.1) is 11.2 Å². The van der Waals surface area contributed by atoms with Crippen LogP contribution in [0.3, 0.4) is 0 Å². The number of hydrogen-bond donors (Lipinski definition) is 2. The van der Waals surface area contributed by atoms with Crippen molar-refractivity contribution in [3.8, 4) is 0 Å². The zero-order chi connectivity index (χ0) is 14.8. The highest BCUT2D eigenvalue weighted by molar-refractivity contribution is 7.89. The average Bonchev–Trinajstić information content (AvgIpc) is 2.85. The topological polar surface area (TPSA) is 72.2 Å². The molecule has 4 nitrogen and oxygen atoms in total. The molecule has 112 valence electrons. The van der Waals surface area contributed by atoms with Gasteiger partial charge in [-0.25, -0.2) is 17.5 Å². The lowest BCUT2D eigenvalue weighted by molar-refractivity contribution is 0.285. The number of halogens is 1. The molecule has 0 unspecified atom stereocenters. The van der Waals surface area contributed by atoms with Crippen molar-refractivity contribution < 1.29 is 12.8 Å². The quantitative estimate of drug-likeness (QED) is 0.821. The van der Waals surface area contributed by atoms with E-state index in [1.807, 2.05) is 0 Å². The zero-order valence-electron chi connectivity index (χ0n) is 11.7. The molecule has 2 rings (SSSR count). The summed E-state index contributed by atoms with van der Waals surface area (Å²) in [5.41, 5.74) is 5.54. The SMILES string of the molecule is CCC1(CNS(=O)(=O)c2c(N)cccc2F)CCCC1. The minimum absolute atomic E-state index is 0.00703. The van der Waals surface area contributed by atoms with E-state index >= 15 is 0 Å². The van der Waals surface area contributed by atoms with E-state index in [1.165, 1.54) is 12.1 Å². The van der Waals surface area contributed by atoms with Gasteiger partial charge in [-0.05, 0) is 36.8 Å². The van der Waals surface area contributed by atoms with Gasteiger partial charge in [0.05, 0.1) is 5.69 Å². The minimum atomic E-state index is -3.91. The average molecular weight is 300 g/mol. The van der Waals surface area contributed by atoms with Crippen molar-refractivity contribution >= 4 is 15.7 Å². The highest BCUT2D eigenvalue weighted by Gasteiger charge is 2.34. The summed E-state index contributed by atoms with van der Waals surface area (Å²) in [6.07, 6.45) is 5.19. The Kier molecular flexibility index (Phi) is 4.34. The molecule has 1 aromatic rings. The summed E-state index contributed by atoms with van der Waals surface area (Å²) in [5, 5.41) is 0. The van der Waals surface area contributed by atoms with Crippen molar-refractivity contribution in [2.75, 3.05) is 12.3 Å². The van der Waals surface area contributed by atoms with Crippen molar-refractivity contribution in [2.45, 2.75) is 43.9 Å². The first-order valence-electron chi connectivity index (χ1n) is 6.94. The number of hydrogen-bond acceptors (Lipinski definition) is 3. The van der Waals surface area contributed by atoms with Crippen LogP contribution in [0.5, 0.6) is 0 Å². The molecule has 0 heterocycles. The fraction of sp³-hybridized carbons (Fsp3) is 0.571. The van der Waals surface area contributed by atoms with Crippen molar-refractivity contribution in [2.24, 2.45) is 5.41 Å². The van der Waals surface area contributed by atoms with Gasteiger partial charge in [-0.2, -0.15) is 0 Å². The van der Waals surface area contributed by atoms with E-state index in [-0.39, 0.29) is 11.1 Å². The van der Waals surface area contributed by atoms with E-state index in [0.29, 0.717) is 6.54 Å². The molecular weight excluding hydrogens is 279 g/mol. The van der Waals surface area contributed by atoms with Gasteiger partial charge >= 0.3 is 0 Å². The van der Waals surface area contributed by atoms with Gasteiger partial charge in [0, 0.05) is 6.54 Å². The van der Waals surface area contributed by atoms with Crippen LogP contribution < -0.4 is 10.5 Å². The second-order valence-electron chi connectivity index (χ2n) is 5.54. The van der Waals surface area contributed by atoms with Gasteiger partial charge in [0.25, 0.3) is 0 Å². The van der Waals surface area contributed by atoms with Gasteiger partial charge in [0.2, 0.25) is 10.0 Å². The number of benzene rings is 1. The molecule has 1 saturated carbocycles. The van der Waals surface area contributed by atoms with E-state index in [1.54, 1.807) is 0 Å². The molecule has 0 amide bonds. The highest BCUT2D eigenvalue weighted by atomic mass is 32.2. The first kappa shape index (κ1) is 15.3. The Morgan fingerprint density at radius 2 is 2.00 bits per heavy atom. The van der Waals surface area contributed by atoms with Crippen molar-refractivity contribution in [3.05, 3.63) is 24.0 Å². The predicted octanol–water partition coefficient (Wildman–Crippen LogP) is 2.66. The van der Waals surface area contributed by atoms with E-state index in [4.69, 9.17) is 5.73 Å². The van der Waals surface area contributed by atoms with Gasteiger partial charge in [0.15, 0.2) is 0 Å². The standard InChI is InChI=1S/C14H21FN2O2S/c1-2-14(8-3-4-9-14)10-17-20(18,19)13-11(15)6-5-7-12(13)16/h5-7,17H,2-4,8-10,16H2,1H3. The van der Waals surface area contributed by atoms with E-state index < -0.39 is 20.7 Å². The van der Waals surface area contributed by atoms with E-state index in [2.05, 4.69) is 11.6 Å². The van der Waals surface area contributed by atoms with Crippen LogP contribution in [0.15, 0.2) is 23.1 Å². The van der Waals surface area contributed by atoms with Crippen molar-refractivity contribution in [1.29, 1.82) is 0 Å². The van der Waals surface area contributed by atoms with Crippen molar-refractivity contribution in [1.82, 2.24) is 4.72 Å². The molecule has 0 radical (unpaired) electrons. The minimum Gasteiger partial charge on any atom is -0.398 e. The number of nitrogen functional groups attached to an aromatic ring is 1. The summed E-state index contributed by atoms with van der Waals surface area (Å²) < 4.78 is 40.8. The molecule has 20 heavy (non-hydrogen) atoms. The largest absolute Gasteiger partial charge is 0.398 e. The van der Waals surface area contributed by atoms with E-state index in [0.717, 1.165) is 38.2 Å². The maximum Gasteiger partial charge on any atom is 0.245 e. The lowest BCUT2D eigenvalue weighted by Crippen LogP contribution is -2.36. The lowest BCUT2D eigenvalue weighted by Gasteiger charge is -2.27. The monoisotopic (exact) mass is 300 g/mol. The molecule has 1 aliphatic rings. The number of anilines is 1. The van der Waals surface area contributed by atoms with Crippen LogP contribution in [-0.4, -0.2) is 15.0 Å². The Balaban J connectivity index is 2.20. The highest BCUT2D eigenvalue weighted by Crippen LogP contribution is 2.40. The van der Waals surface area contributed by atoms with Crippen LogP contribution in [0.4, 0.5) is 10.1 Å². The van der Waals surface area contributed by atoms with Gasteiger partial charge in [0.1, 0.15) is 10.7 Å².